The SMILES string of the molecule is CC(C)(C)C(=O)Nn1c(N)c(C2COC(CO)O2)cnc1=O. The van der Waals surface area contributed by atoms with Gasteiger partial charge >= 0.3 is 5.69 Å². The molecule has 122 valence electrons. The number of rotatable bonds is 3. The third kappa shape index (κ3) is 3.26. The van der Waals surface area contributed by atoms with Crippen molar-refractivity contribution in [3.63, 3.8) is 0 Å². The van der Waals surface area contributed by atoms with Gasteiger partial charge in [-0.1, -0.05) is 20.8 Å². The minimum absolute atomic E-state index is 0.0183. The maximum Gasteiger partial charge on any atom is 0.368 e. The second kappa shape index (κ2) is 6.03. The van der Waals surface area contributed by atoms with Crippen LogP contribution in [0, 0.1) is 5.41 Å². The van der Waals surface area contributed by atoms with E-state index in [0.717, 1.165) is 4.68 Å². The molecule has 22 heavy (non-hydrogen) atoms. The average molecular weight is 312 g/mol. The number of ether oxygens (including phenoxy) is 2. The number of nitrogens with zero attached hydrogens (tertiary/aromatic N) is 2. The first-order chi connectivity index (χ1) is 10.2. The molecule has 2 atom stereocenters. The lowest BCUT2D eigenvalue weighted by Crippen LogP contribution is -2.41. The molecule has 2 unspecified atom stereocenters. The number of carbonyl (C=O) groups excluding carboxylic acids is 1. The van der Waals surface area contributed by atoms with E-state index in [-0.39, 0.29) is 24.9 Å². The van der Waals surface area contributed by atoms with Gasteiger partial charge in [-0.2, -0.15) is 9.66 Å². The van der Waals surface area contributed by atoms with Crippen LogP contribution in [0.15, 0.2) is 11.0 Å². The van der Waals surface area contributed by atoms with Gasteiger partial charge in [-0.25, -0.2) is 4.79 Å². The Hall–Kier alpha value is -1.97. The number of nitrogens with two attached hydrogens (primary N) is 1. The fraction of sp³-hybridized carbons (Fsp3) is 0.615. The van der Waals surface area contributed by atoms with Crippen molar-refractivity contribution < 1.29 is 19.4 Å². The lowest BCUT2D eigenvalue weighted by Gasteiger charge is -2.21. The molecule has 0 spiro atoms. The first-order valence-electron chi connectivity index (χ1n) is 6.81. The van der Waals surface area contributed by atoms with Crippen LogP contribution in [-0.2, 0) is 14.3 Å². The molecule has 1 aromatic rings. The van der Waals surface area contributed by atoms with E-state index < -0.39 is 23.5 Å². The Morgan fingerprint density at radius 1 is 1.59 bits per heavy atom. The van der Waals surface area contributed by atoms with E-state index in [2.05, 4.69) is 10.4 Å². The normalized spacial score (nSPS) is 21.8. The molecule has 1 aromatic heterocycles. The molecule has 4 N–H and O–H groups in total. The Kier molecular flexibility index (Phi) is 4.50. The molecule has 9 heteroatoms. The average Bonchev–Trinajstić information content (AvgIpc) is 2.90. The molecule has 1 aliphatic rings. The van der Waals surface area contributed by atoms with Crippen LogP contribution in [-0.4, -0.2) is 40.2 Å². The Bertz CT molecular complexity index is 622. The summed E-state index contributed by atoms with van der Waals surface area (Å²) in [6.07, 6.45) is -0.0254. The molecular formula is C13H20N4O5. The largest absolute Gasteiger partial charge is 0.391 e. The summed E-state index contributed by atoms with van der Waals surface area (Å²) in [5.74, 6) is -0.359. The van der Waals surface area contributed by atoms with Crippen molar-refractivity contribution in [1.29, 1.82) is 0 Å². The van der Waals surface area contributed by atoms with Gasteiger partial charge in [-0.05, 0) is 0 Å². The zero-order valence-corrected chi connectivity index (χ0v) is 12.7. The van der Waals surface area contributed by atoms with Gasteiger partial charge in [-0.15, -0.1) is 0 Å². The fourth-order valence-electron chi connectivity index (χ4n) is 1.82. The second-order valence-corrected chi connectivity index (χ2v) is 5.98. The highest BCUT2D eigenvalue weighted by atomic mass is 16.7. The van der Waals surface area contributed by atoms with Crippen molar-refractivity contribution >= 4 is 11.7 Å². The molecule has 0 aromatic carbocycles. The Labute approximate surface area is 127 Å². The monoisotopic (exact) mass is 312 g/mol. The summed E-state index contributed by atoms with van der Waals surface area (Å²) < 4.78 is 11.5. The third-order valence-electron chi connectivity index (χ3n) is 3.18. The highest BCUT2D eigenvalue weighted by molar-refractivity contribution is 5.88. The lowest BCUT2D eigenvalue weighted by atomic mass is 9.96. The molecule has 2 heterocycles. The quantitative estimate of drug-likeness (QED) is 0.676. The van der Waals surface area contributed by atoms with Crippen LogP contribution in [0.1, 0.15) is 32.4 Å². The predicted molar refractivity (Wildman–Crippen MR) is 77.4 cm³/mol. The third-order valence-corrected chi connectivity index (χ3v) is 3.18. The minimum atomic E-state index is -0.742. The van der Waals surface area contributed by atoms with Crippen LogP contribution in [0.3, 0.4) is 0 Å². The number of aromatic nitrogens is 2. The molecule has 0 saturated carbocycles. The van der Waals surface area contributed by atoms with Crippen LogP contribution in [0.25, 0.3) is 0 Å². The zero-order valence-electron chi connectivity index (χ0n) is 12.7. The van der Waals surface area contributed by atoms with Crippen molar-refractivity contribution in [2.45, 2.75) is 33.2 Å². The summed E-state index contributed by atoms with van der Waals surface area (Å²) in [7, 11) is 0. The van der Waals surface area contributed by atoms with E-state index in [1.807, 2.05) is 0 Å². The zero-order chi connectivity index (χ0) is 16.5. The van der Waals surface area contributed by atoms with Crippen LogP contribution in [0.5, 0.6) is 0 Å². The standard InChI is InChI=1S/C13H20N4O5/c1-13(2,3)11(19)16-17-10(14)7(4-15-12(17)20)8-6-21-9(5-18)22-8/h4,8-9,18H,5-6,14H2,1-3H3,(H,16,19). The number of nitrogens with one attached hydrogen (secondary N) is 1. The smallest absolute Gasteiger partial charge is 0.368 e. The molecule has 2 rings (SSSR count). The van der Waals surface area contributed by atoms with Crippen LogP contribution in [0.4, 0.5) is 5.82 Å². The number of anilines is 1. The van der Waals surface area contributed by atoms with E-state index in [4.69, 9.17) is 20.3 Å². The molecule has 0 aliphatic carbocycles. The minimum Gasteiger partial charge on any atom is -0.391 e. The Morgan fingerprint density at radius 2 is 2.27 bits per heavy atom. The Morgan fingerprint density at radius 3 is 2.82 bits per heavy atom. The van der Waals surface area contributed by atoms with Crippen molar-refractivity contribution in [1.82, 2.24) is 9.66 Å². The van der Waals surface area contributed by atoms with Gasteiger partial charge in [0.2, 0.25) is 5.91 Å². The van der Waals surface area contributed by atoms with Gasteiger partial charge < -0.3 is 20.3 Å². The van der Waals surface area contributed by atoms with Crippen molar-refractivity contribution in [2.24, 2.45) is 5.41 Å². The van der Waals surface area contributed by atoms with Crippen LogP contribution < -0.4 is 16.8 Å². The molecule has 1 amide bonds. The van der Waals surface area contributed by atoms with Crippen molar-refractivity contribution in [3.05, 3.63) is 22.2 Å². The highest BCUT2D eigenvalue weighted by Gasteiger charge is 2.30. The summed E-state index contributed by atoms with van der Waals surface area (Å²) in [5, 5.41) is 9.00. The molecular weight excluding hydrogens is 292 g/mol. The molecule has 0 bridgehead atoms. The van der Waals surface area contributed by atoms with E-state index in [9.17, 15) is 9.59 Å². The number of hydrogen-bond donors (Lipinski definition) is 3. The first-order valence-corrected chi connectivity index (χ1v) is 6.81. The van der Waals surface area contributed by atoms with Crippen LogP contribution in [0.2, 0.25) is 0 Å². The van der Waals surface area contributed by atoms with Gasteiger partial charge in [0.25, 0.3) is 0 Å². The number of aliphatic hydroxyl groups is 1. The second-order valence-electron chi connectivity index (χ2n) is 5.98. The van der Waals surface area contributed by atoms with Gasteiger partial charge in [-0.3, -0.25) is 10.2 Å². The van der Waals surface area contributed by atoms with E-state index in [1.165, 1.54) is 6.20 Å². The summed E-state index contributed by atoms with van der Waals surface area (Å²) in [6.45, 7) is 5.01. The molecule has 1 saturated heterocycles. The lowest BCUT2D eigenvalue weighted by molar-refractivity contribution is -0.124. The Balaban J connectivity index is 2.30. The summed E-state index contributed by atoms with van der Waals surface area (Å²) in [4.78, 5) is 27.5. The van der Waals surface area contributed by atoms with Crippen LogP contribution >= 0.6 is 0 Å². The predicted octanol–water partition coefficient (Wildman–Crippen LogP) is -0.652. The highest BCUT2D eigenvalue weighted by Crippen LogP contribution is 2.28. The van der Waals surface area contributed by atoms with Gasteiger partial charge in [0, 0.05) is 17.2 Å². The topological polar surface area (TPSA) is 129 Å². The maximum absolute atomic E-state index is 12.0. The van der Waals surface area contributed by atoms with Gasteiger partial charge in [0.05, 0.1) is 13.2 Å². The van der Waals surface area contributed by atoms with E-state index >= 15 is 0 Å². The number of aliphatic hydroxyl groups excluding tert-OH is 1. The van der Waals surface area contributed by atoms with E-state index in [1.54, 1.807) is 20.8 Å². The number of hydrogen-bond acceptors (Lipinski definition) is 7. The summed E-state index contributed by atoms with van der Waals surface area (Å²) >= 11 is 0. The molecule has 1 aliphatic heterocycles. The fourth-order valence-corrected chi connectivity index (χ4v) is 1.82. The van der Waals surface area contributed by atoms with Crippen molar-refractivity contribution in [3.8, 4) is 0 Å². The number of nitrogen functional groups attached to an aromatic ring is 1. The van der Waals surface area contributed by atoms with Gasteiger partial charge in [0.1, 0.15) is 11.9 Å². The maximum atomic E-state index is 12.0. The molecule has 9 nitrogen and oxygen atoms in total. The van der Waals surface area contributed by atoms with Crippen molar-refractivity contribution in [2.75, 3.05) is 24.4 Å². The first kappa shape index (κ1) is 16.4. The molecule has 0 radical (unpaired) electrons. The number of carbonyl (C=O) groups is 1. The molecule has 1 fully saturated rings. The van der Waals surface area contributed by atoms with E-state index in [0.29, 0.717) is 5.56 Å². The summed E-state index contributed by atoms with van der Waals surface area (Å²) in [6, 6.07) is 0. The summed E-state index contributed by atoms with van der Waals surface area (Å²) in [5.41, 5.74) is 7.40. The van der Waals surface area contributed by atoms with Gasteiger partial charge in [0.15, 0.2) is 6.29 Å². The number of amides is 1.